The molecule has 0 aromatic carbocycles. The van der Waals surface area contributed by atoms with Crippen LogP contribution in [0.15, 0.2) is 43.0 Å². The van der Waals surface area contributed by atoms with E-state index in [0.717, 1.165) is 19.3 Å². The van der Waals surface area contributed by atoms with Gasteiger partial charge in [0.05, 0.1) is 0 Å². The van der Waals surface area contributed by atoms with Crippen LogP contribution in [0.1, 0.15) is 54.4 Å². The third kappa shape index (κ3) is 6.50. The van der Waals surface area contributed by atoms with Crippen LogP contribution in [0.3, 0.4) is 0 Å². The van der Waals surface area contributed by atoms with Gasteiger partial charge < -0.3 is 20.9 Å². The van der Waals surface area contributed by atoms with Gasteiger partial charge in [0, 0.05) is 56.9 Å². The predicted octanol–water partition coefficient (Wildman–Crippen LogP) is 2.75. The van der Waals surface area contributed by atoms with Crippen molar-refractivity contribution < 1.29 is 9.59 Å². The minimum Gasteiger partial charge on any atom is -0.367 e. The SMILES string of the molecule is O=C(NCCCN1C=CCC1=O)c1cnc(NCCc2ccncc2)nc1NC1CCCC1. The van der Waals surface area contributed by atoms with Crippen LogP contribution in [0.2, 0.25) is 0 Å². The van der Waals surface area contributed by atoms with Crippen LogP contribution in [0.4, 0.5) is 11.8 Å². The number of hydrogen-bond donors (Lipinski definition) is 3. The van der Waals surface area contributed by atoms with Crippen LogP contribution >= 0.6 is 0 Å². The Morgan fingerprint density at radius 1 is 1.15 bits per heavy atom. The Hall–Kier alpha value is -3.49. The summed E-state index contributed by atoms with van der Waals surface area (Å²) < 4.78 is 0. The average Bonchev–Trinajstić information content (AvgIpc) is 3.49. The van der Waals surface area contributed by atoms with Crippen LogP contribution in [0.25, 0.3) is 0 Å². The molecule has 0 atom stereocenters. The Balaban J connectivity index is 1.34. The van der Waals surface area contributed by atoms with Crippen LogP contribution in [-0.4, -0.2) is 57.3 Å². The maximum Gasteiger partial charge on any atom is 0.256 e. The fourth-order valence-electron chi connectivity index (χ4n) is 4.10. The average molecular weight is 450 g/mol. The van der Waals surface area contributed by atoms with Crippen molar-refractivity contribution in [2.45, 2.75) is 51.0 Å². The summed E-state index contributed by atoms with van der Waals surface area (Å²) in [4.78, 5) is 39.2. The molecule has 2 amide bonds. The standard InChI is InChI=1S/C24H31N7O2/c32-21-7-3-15-31(21)16-4-11-26-23(33)20-17-28-24(27-14-10-18-8-12-25-13-9-18)30-22(20)29-19-5-1-2-6-19/h3,8-9,12-13,15,17,19H,1-2,4-7,10-11,14,16H2,(H,26,33)(H2,27,28,29,30). The summed E-state index contributed by atoms with van der Waals surface area (Å²) in [6.07, 6.45) is 15.3. The molecular formula is C24H31N7O2. The predicted molar refractivity (Wildman–Crippen MR) is 127 cm³/mol. The summed E-state index contributed by atoms with van der Waals surface area (Å²) in [6.45, 7) is 1.76. The fraction of sp³-hybridized carbons (Fsp3) is 0.458. The largest absolute Gasteiger partial charge is 0.367 e. The first-order valence-corrected chi connectivity index (χ1v) is 11.7. The second kappa shape index (κ2) is 11.4. The van der Waals surface area contributed by atoms with E-state index in [4.69, 9.17) is 0 Å². The summed E-state index contributed by atoms with van der Waals surface area (Å²) in [6, 6.07) is 4.29. The molecule has 33 heavy (non-hydrogen) atoms. The van der Waals surface area contributed by atoms with Gasteiger partial charge in [-0.25, -0.2) is 4.98 Å². The highest BCUT2D eigenvalue weighted by Gasteiger charge is 2.21. The second-order valence-electron chi connectivity index (χ2n) is 8.40. The zero-order chi connectivity index (χ0) is 22.9. The molecule has 0 unspecified atom stereocenters. The molecule has 2 aromatic rings. The molecule has 0 bridgehead atoms. The lowest BCUT2D eigenvalue weighted by molar-refractivity contribution is -0.126. The lowest BCUT2D eigenvalue weighted by atomic mass is 10.2. The molecule has 0 saturated heterocycles. The fourth-order valence-corrected chi connectivity index (χ4v) is 4.10. The van der Waals surface area contributed by atoms with E-state index in [2.05, 4.69) is 30.9 Å². The molecule has 9 heteroatoms. The number of nitrogens with one attached hydrogen (secondary N) is 3. The Bertz CT molecular complexity index is 974. The van der Waals surface area contributed by atoms with Crippen molar-refractivity contribution in [3.8, 4) is 0 Å². The number of nitrogens with zero attached hydrogens (tertiary/aromatic N) is 4. The maximum atomic E-state index is 12.9. The molecule has 3 heterocycles. The molecule has 2 aliphatic rings. The van der Waals surface area contributed by atoms with Gasteiger partial charge in [0.15, 0.2) is 0 Å². The Morgan fingerprint density at radius 2 is 1.97 bits per heavy atom. The molecule has 1 aliphatic carbocycles. The van der Waals surface area contributed by atoms with Crippen molar-refractivity contribution >= 4 is 23.6 Å². The third-order valence-electron chi connectivity index (χ3n) is 5.94. The molecule has 4 rings (SSSR count). The molecule has 1 saturated carbocycles. The van der Waals surface area contributed by atoms with Gasteiger partial charge in [0.25, 0.3) is 5.91 Å². The topological polar surface area (TPSA) is 112 Å². The van der Waals surface area contributed by atoms with Gasteiger partial charge in [-0.15, -0.1) is 0 Å². The zero-order valence-electron chi connectivity index (χ0n) is 18.8. The molecule has 3 N–H and O–H groups in total. The first-order valence-electron chi connectivity index (χ1n) is 11.7. The molecule has 174 valence electrons. The highest BCUT2D eigenvalue weighted by molar-refractivity contribution is 5.98. The lowest BCUT2D eigenvalue weighted by Gasteiger charge is -2.17. The number of hydrogen-bond acceptors (Lipinski definition) is 7. The van der Waals surface area contributed by atoms with Crippen molar-refractivity contribution in [3.05, 3.63) is 54.1 Å². The highest BCUT2D eigenvalue weighted by atomic mass is 16.2. The van der Waals surface area contributed by atoms with Gasteiger partial charge in [-0.2, -0.15) is 4.98 Å². The van der Waals surface area contributed by atoms with Gasteiger partial charge in [-0.3, -0.25) is 14.6 Å². The van der Waals surface area contributed by atoms with Crippen molar-refractivity contribution in [1.29, 1.82) is 0 Å². The van der Waals surface area contributed by atoms with E-state index in [-0.39, 0.29) is 11.8 Å². The van der Waals surface area contributed by atoms with Crippen molar-refractivity contribution in [2.24, 2.45) is 0 Å². The van der Waals surface area contributed by atoms with E-state index >= 15 is 0 Å². The van der Waals surface area contributed by atoms with Crippen LogP contribution in [-0.2, 0) is 11.2 Å². The Morgan fingerprint density at radius 3 is 2.73 bits per heavy atom. The molecule has 2 aromatic heterocycles. The van der Waals surface area contributed by atoms with E-state index in [1.165, 1.54) is 18.4 Å². The summed E-state index contributed by atoms with van der Waals surface area (Å²) in [5.41, 5.74) is 1.63. The summed E-state index contributed by atoms with van der Waals surface area (Å²) in [5, 5.41) is 9.65. The van der Waals surface area contributed by atoms with E-state index in [9.17, 15) is 9.59 Å². The van der Waals surface area contributed by atoms with Gasteiger partial charge in [-0.1, -0.05) is 18.9 Å². The number of amides is 2. The zero-order valence-corrected chi connectivity index (χ0v) is 18.8. The number of anilines is 2. The van der Waals surface area contributed by atoms with E-state index < -0.39 is 0 Å². The van der Waals surface area contributed by atoms with E-state index in [1.807, 2.05) is 24.4 Å². The highest BCUT2D eigenvalue weighted by Crippen LogP contribution is 2.24. The Kier molecular flexibility index (Phi) is 7.84. The first kappa shape index (κ1) is 22.7. The molecule has 1 fully saturated rings. The lowest BCUT2D eigenvalue weighted by Crippen LogP contribution is -2.30. The minimum atomic E-state index is -0.206. The molecule has 1 aliphatic heterocycles. The van der Waals surface area contributed by atoms with Crippen molar-refractivity contribution in [2.75, 3.05) is 30.3 Å². The van der Waals surface area contributed by atoms with Gasteiger partial charge >= 0.3 is 0 Å². The summed E-state index contributed by atoms with van der Waals surface area (Å²) in [7, 11) is 0. The number of pyridine rings is 1. The first-order chi connectivity index (χ1) is 16.2. The van der Waals surface area contributed by atoms with Crippen molar-refractivity contribution in [3.63, 3.8) is 0 Å². The van der Waals surface area contributed by atoms with Gasteiger partial charge in [0.2, 0.25) is 11.9 Å². The number of aromatic nitrogens is 3. The quantitative estimate of drug-likeness (QED) is 0.452. The third-order valence-corrected chi connectivity index (χ3v) is 5.94. The molecular weight excluding hydrogens is 418 g/mol. The van der Waals surface area contributed by atoms with Gasteiger partial charge in [0.1, 0.15) is 11.4 Å². The maximum absolute atomic E-state index is 12.9. The molecule has 9 nitrogen and oxygen atoms in total. The van der Waals surface area contributed by atoms with E-state index in [1.54, 1.807) is 23.5 Å². The van der Waals surface area contributed by atoms with Crippen LogP contribution < -0.4 is 16.0 Å². The van der Waals surface area contributed by atoms with Gasteiger partial charge in [-0.05, 0) is 43.4 Å². The smallest absolute Gasteiger partial charge is 0.256 e. The summed E-state index contributed by atoms with van der Waals surface area (Å²) >= 11 is 0. The minimum absolute atomic E-state index is 0.102. The number of rotatable bonds is 11. The van der Waals surface area contributed by atoms with Crippen LogP contribution in [0, 0.1) is 0 Å². The molecule has 0 radical (unpaired) electrons. The summed E-state index contributed by atoms with van der Waals surface area (Å²) in [5.74, 6) is 0.964. The van der Waals surface area contributed by atoms with Crippen LogP contribution in [0.5, 0.6) is 0 Å². The van der Waals surface area contributed by atoms with E-state index in [0.29, 0.717) is 55.8 Å². The Labute approximate surface area is 194 Å². The number of carbonyl (C=O) groups excluding carboxylic acids is 2. The second-order valence-corrected chi connectivity index (χ2v) is 8.40. The molecule has 0 spiro atoms. The normalized spacial score (nSPS) is 15.8. The number of carbonyl (C=O) groups is 2. The van der Waals surface area contributed by atoms with Crippen molar-refractivity contribution in [1.82, 2.24) is 25.2 Å². The monoisotopic (exact) mass is 449 g/mol.